The fraction of sp³-hybridized carbons (Fsp3) is 0.300. The summed E-state index contributed by atoms with van der Waals surface area (Å²) in [6.45, 7) is -3.02. The maximum atomic E-state index is 12.9. The average Bonchev–Trinajstić information content (AvgIpc) is 2.66. The van der Waals surface area contributed by atoms with Crippen molar-refractivity contribution in [1.29, 1.82) is 0 Å². The number of carbonyl (C=O) groups is 2. The summed E-state index contributed by atoms with van der Waals surface area (Å²) >= 11 is 0. The molecule has 28 heavy (non-hydrogen) atoms. The third kappa shape index (κ3) is 3.62. The third-order valence-corrected chi connectivity index (χ3v) is 4.84. The van der Waals surface area contributed by atoms with Gasteiger partial charge in [0, 0.05) is 0 Å². The van der Waals surface area contributed by atoms with Crippen molar-refractivity contribution < 1.29 is 27.8 Å². The van der Waals surface area contributed by atoms with Gasteiger partial charge in [-0.05, 0) is 54.7 Å². The van der Waals surface area contributed by atoms with Gasteiger partial charge in [0.25, 0.3) is 11.8 Å². The molecule has 2 N–H and O–H groups in total. The van der Waals surface area contributed by atoms with E-state index in [2.05, 4.69) is 15.4 Å². The minimum absolute atomic E-state index is 0.113. The monoisotopic (exact) mass is 388 g/mol. The Kier molecular flexibility index (Phi) is 4.85. The van der Waals surface area contributed by atoms with Gasteiger partial charge in [0.15, 0.2) is 12.4 Å². The highest BCUT2D eigenvalue weighted by Gasteiger charge is 2.27. The first-order valence-electron chi connectivity index (χ1n) is 8.95. The summed E-state index contributed by atoms with van der Waals surface area (Å²) in [6.07, 6.45) is 2.29. The van der Waals surface area contributed by atoms with E-state index in [1.165, 1.54) is 6.07 Å². The van der Waals surface area contributed by atoms with Gasteiger partial charge in [-0.3, -0.25) is 9.59 Å². The third-order valence-electron chi connectivity index (χ3n) is 4.84. The number of anilines is 1. The molecule has 0 saturated carbocycles. The maximum absolute atomic E-state index is 12.9. The fourth-order valence-electron chi connectivity index (χ4n) is 3.65. The van der Waals surface area contributed by atoms with Gasteiger partial charge >= 0.3 is 6.61 Å². The van der Waals surface area contributed by atoms with Crippen LogP contribution in [0.5, 0.6) is 11.5 Å². The molecule has 2 aromatic carbocycles. The number of nitrogens with one attached hydrogen (secondary N) is 2. The number of fused-ring (bicyclic) bond motifs is 2. The molecule has 1 aliphatic heterocycles. The number of hydrogen-bond acceptors (Lipinski definition) is 4. The molecule has 1 heterocycles. The highest BCUT2D eigenvalue weighted by atomic mass is 19.3. The summed E-state index contributed by atoms with van der Waals surface area (Å²) in [5.74, 6) is -0.134. The van der Waals surface area contributed by atoms with Crippen molar-refractivity contribution in [1.82, 2.24) is 5.32 Å². The Hall–Kier alpha value is -3.16. The molecule has 1 aliphatic carbocycles. The molecule has 2 amide bonds. The van der Waals surface area contributed by atoms with Gasteiger partial charge in [-0.1, -0.05) is 12.1 Å². The summed E-state index contributed by atoms with van der Waals surface area (Å²) in [5.41, 5.74) is 2.57. The Labute approximate surface area is 159 Å². The second-order valence-corrected chi connectivity index (χ2v) is 6.68. The number of rotatable bonds is 4. The SMILES string of the molecule is O=C1COc2c(cccc2C(=O)NC2CCCc3cc(OC(F)F)ccc32)N1. The number of hydrogen-bond donors (Lipinski definition) is 2. The van der Waals surface area contributed by atoms with Crippen LogP contribution in [0.3, 0.4) is 0 Å². The van der Waals surface area contributed by atoms with Crippen molar-refractivity contribution in [3.8, 4) is 11.5 Å². The van der Waals surface area contributed by atoms with E-state index < -0.39 is 6.61 Å². The van der Waals surface area contributed by atoms with Crippen LogP contribution in [0.25, 0.3) is 0 Å². The minimum atomic E-state index is -2.87. The van der Waals surface area contributed by atoms with Gasteiger partial charge in [0.2, 0.25) is 0 Å². The van der Waals surface area contributed by atoms with Gasteiger partial charge < -0.3 is 20.1 Å². The molecule has 0 radical (unpaired) electrons. The van der Waals surface area contributed by atoms with Crippen LogP contribution in [-0.2, 0) is 11.2 Å². The Morgan fingerprint density at radius 1 is 1.29 bits per heavy atom. The van der Waals surface area contributed by atoms with Crippen LogP contribution >= 0.6 is 0 Å². The van der Waals surface area contributed by atoms with Crippen molar-refractivity contribution in [3.63, 3.8) is 0 Å². The summed E-state index contributed by atoms with van der Waals surface area (Å²) < 4.78 is 34.8. The zero-order chi connectivity index (χ0) is 19.7. The molecule has 8 heteroatoms. The van der Waals surface area contributed by atoms with Crippen LogP contribution in [0.2, 0.25) is 0 Å². The number of aryl methyl sites for hydroxylation is 1. The summed E-state index contributed by atoms with van der Waals surface area (Å²) in [5, 5.41) is 5.67. The van der Waals surface area contributed by atoms with E-state index in [9.17, 15) is 18.4 Å². The first-order valence-corrected chi connectivity index (χ1v) is 8.95. The van der Waals surface area contributed by atoms with Crippen molar-refractivity contribution in [2.45, 2.75) is 31.9 Å². The van der Waals surface area contributed by atoms with Gasteiger partial charge in [-0.2, -0.15) is 8.78 Å². The molecule has 0 aromatic heterocycles. The lowest BCUT2D eigenvalue weighted by Gasteiger charge is -2.27. The number of benzene rings is 2. The molecular formula is C20H18F2N2O4. The summed E-state index contributed by atoms with van der Waals surface area (Å²) in [6, 6.07) is 9.53. The fourth-order valence-corrected chi connectivity index (χ4v) is 3.65. The number of amides is 2. The van der Waals surface area contributed by atoms with Crippen LogP contribution in [0.15, 0.2) is 36.4 Å². The van der Waals surface area contributed by atoms with Crippen molar-refractivity contribution in [2.75, 3.05) is 11.9 Å². The van der Waals surface area contributed by atoms with Crippen molar-refractivity contribution >= 4 is 17.5 Å². The molecule has 1 atom stereocenters. The van der Waals surface area contributed by atoms with Crippen LogP contribution in [0.1, 0.15) is 40.4 Å². The largest absolute Gasteiger partial charge is 0.481 e. The number of alkyl halides is 2. The maximum Gasteiger partial charge on any atom is 0.387 e. The molecule has 0 bridgehead atoms. The van der Waals surface area contributed by atoms with Gasteiger partial charge in [0.1, 0.15) is 5.75 Å². The Bertz CT molecular complexity index is 932. The van der Waals surface area contributed by atoms with Crippen LogP contribution in [-0.4, -0.2) is 25.0 Å². The minimum Gasteiger partial charge on any atom is -0.481 e. The Morgan fingerprint density at radius 3 is 2.96 bits per heavy atom. The number of para-hydroxylation sites is 1. The molecule has 0 saturated heterocycles. The lowest BCUT2D eigenvalue weighted by Crippen LogP contribution is -2.33. The van der Waals surface area contributed by atoms with E-state index >= 15 is 0 Å². The number of carbonyl (C=O) groups excluding carboxylic acids is 2. The molecule has 1 unspecified atom stereocenters. The molecule has 146 valence electrons. The van der Waals surface area contributed by atoms with E-state index in [1.807, 2.05) is 0 Å². The number of halogens is 2. The van der Waals surface area contributed by atoms with Gasteiger partial charge in [0.05, 0.1) is 17.3 Å². The first kappa shape index (κ1) is 18.2. The molecule has 2 aliphatic rings. The topological polar surface area (TPSA) is 76.7 Å². The van der Waals surface area contributed by atoms with E-state index in [0.717, 1.165) is 30.4 Å². The average molecular weight is 388 g/mol. The predicted octanol–water partition coefficient (Wildman–Crippen LogP) is 3.43. The predicted molar refractivity (Wildman–Crippen MR) is 96.8 cm³/mol. The summed E-state index contributed by atoms with van der Waals surface area (Å²) in [4.78, 5) is 24.3. The summed E-state index contributed by atoms with van der Waals surface area (Å²) in [7, 11) is 0. The highest BCUT2D eigenvalue weighted by molar-refractivity contribution is 6.03. The number of ether oxygens (including phenoxy) is 2. The smallest absolute Gasteiger partial charge is 0.387 e. The molecule has 0 fully saturated rings. The van der Waals surface area contributed by atoms with E-state index in [4.69, 9.17) is 4.74 Å². The molecule has 6 nitrogen and oxygen atoms in total. The van der Waals surface area contributed by atoms with E-state index in [1.54, 1.807) is 30.3 Å². The lowest BCUT2D eigenvalue weighted by molar-refractivity contribution is -0.118. The van der Waals surface area contributed by atoms with E-state index in [0.29, 0.717) is 17.0 Å². The van der Waals surface area contributed by atoms with Crippen LogP contribution < -0.4 is 20.1 Å². The zero-order valence-electron chi connectivity index (χ0n) is 14.8. The lowest BCUT2D eigenvalue weighted by atomic mass is 9.87. The Balaban J connectivity index is 1.55. The molecule has 4 rings (SSSR count). The van der Waals surface area contributed by atoms with Crippen molar-refractivity contribution in [2.24, 2.45) is 0 Å². The Morgan fingerprint density at radius 2 is 2.14 bits per heavy atom. The second-order valence-electron chi connectivity index (χ2n) is 6.68. The molecular weight excluding hydrogens is 370 g/mol. The van der Waals surface area contributed by atoms with Gasteiger partial charge in [-0.15, -0.1) is 0 Å². The standard InChI is InChI=1S/C20H18F2N2O4/c21-20(22)28-12-7-8-13-11(9-12)3-1-5-15(13)24-19(26)14-4-2-6-16-18(14)27-10-17(25)23-16/h2,4,6-9,15,20H,1,3,5,10H2,(H,23,25)(H,24,26). The highest BCUT2D eigenvalue weighted by Crippen LogP contribution is 2.35. The second kappa shape index (κ2) is 7.46. The first-order chi connectivity index (χ1) is 13.5. The quantitative estimate of drug-likeness (QED) is 0.842. The van der Waals surface area contributed by atoms with Crippen LogP contribution in [0, 0.1) is 0 Å². The van der Waals surface area contributed by atoms with Crippen LogP contribution in [0.4, 0.5) is 14.5 Å². The molecule has 2 aromatic rings. The normalized spacial score (nSPS) is 17.8. The van der Waals surface area contributed by atoms with Crippen molar-refractivity contribution in [3.05, 3.63) is 53.1 Å². The van der Waals surface area contributed by atoms with E-state index in [-0.39, 0.29) is 30.2 Å². The zero-order valence-corrected chi connectivity index (χ0v) is 14.8. The van der Waals surface area contributed by atoms with Gasteiger partial charge in [-0.25, -0.2) is 0 Å². The molecule has 0 spiro atoms.